The number of nitrogens with zero attached hydrogens (tertiary/aromatic N) is 1. The van der Waals surface area contributed by atoms with E-state index in [0.717, 1.165) is 24.3 Å². The molecule has 3 atom stereocenters. The second kappa shape index (κ2) is 6.97. The van der Waals surface area contributed by atoms with Gasteiger partial charge in [0.2, 0.25) is 0 Å². The molecule has 3 unspecified atom stereocenters. The standard InChI is InChI=1S/C17H26N2S/c1-20-17-9-5-8-16(17)19-11-10-18-15(13-19)12-14-6-3-2-4-7-14/h2-4,6-7,15-18H,5,8-13H2,1H3. The zero-order chi connectivity index (χ0) is 13.8. The van der Waals surface area contributed by atoms with Crippen molar-refractivity contribution < 1.29 is 0 Å². The SMILES string of the molecule is CSC1CCCC1N1CCNC(Cc2ccccc2)C1. The molecule has 1 saturated heterocycles. The molecule has 0 aromatic heterocycles. The molecule has 3 heteroatoms. The van der Waals surface area contributed by atoms with E-state index >= 15 is 0 Å². The molecular formula is C17H26N2S. The predicted octanol–water partition coefficient (Wildman–Crippen LogP) is 2.79. The van der Waals surface area contributed by atoms with Gasteiger partial charge in [-0.3, -0.25) is 4.90 Å². The van der Waals surface area contributed by atoms with Crippen LogP contribution in [0.25, 0.3) is 0 Å². The molecule has 3 rings (SSSR count). The molecule has 1 heterocycles. The van der Waals surface area contributed by atoms with Gasteiger partial charge >= 0.3 is 0 Å². The molecular weight excluding hydrogens is 264 g/mol. The van der Waals surface area contributed by atoms with Crippen LogP contribution in [0.15, 0.2) is 30.3 Å². The first-order chi connectivity index (χ1) is 9.86. The van der Waals surface area contributed by atoms with Crippen LogP contribution in [0.2, 0.25) is 0 Å². The first-order valence-corrected chi connectivity index (χ1v) is 9.20. The van der Waals surface area contributed by atoms with Gasteiger partial charge in [0.25, 0.3) is 0 Å². The molecule has 1 aromatic rings. The van der Waals surface area contributed by atoms with Crippen molar-refractivity contribution in [1.82, 2.24) is 10.2 Å². The van der Waals surface area contributed by atoms with Crippen LogP contribution in [0.4, 0.5) is 0 Å². The summed E-state index contributed by atoms with van der Waals surface area (Å²) in [6.45, 7) is 3.60. The highest BCUT2D eigenvalue weighted by molar-refractivity contribution is 7.99. The monoisotopic (exact) mass is 290 g/mol. The van der Waals surface area contributed by atoms with Gasteiger partial charge in [0.1, 0.15) is 0 Å². The van der Waals surface area contributed by atoms with Crippen molar-refractivity contribution in [2.75, 3.05) is 25.9 Å². The van der Waals surface area contributed by atoms with E-state index < -0.39 is 0 Å². The number of nitrogens with one attached hydrogen (secondary N) is 1. The van der Waals surface area contributed by atoms with Crippen molar-refractivity contribution >= 4 is 11.8 Å². The van der Waals surface area contributed by atoms with Crippen molar-refractivity contribution in [3.05, 3.63) is 35.9 Å². The summed E-state index contributed by atoms with van der Waals surface area (Å²) in [4.78, 5) is 2.76. The van der Waals surface area contributed by atoms with Crippen molar-refractivity contribution in [2.24, 2.45) is 0 Å². The summed E-state index contributed by atoms with van der Waals surface area (Å²) >= 11 is 2.08. The maximum absolute atomic E-state index is 3.71. The van der Waals surface area contributed by atoms with Gasteiger partial charge in [-0.05, 0) is 31.1 Å². The Balaban J connectivity index is 1.59. The van der Waals surface area contributed by atoms with Gasteiger partial charge < -0.3 is 5.32 Å². The Bertz CT molecular complexity index is 409. The van der Waals surface area contributed by atoms with Crippen molar-refractivity contribution in [3.8, 4) is 0 Å². The van der Waals surface area contributed by atoms with E-state index in [2.05, 4.69) is 58.6 Å². The third-order valence-electron chi connectivity index (χ3n) is 4.80. The number of benzene rings is 1. The number of hydrogen-bond donors (Lipinski definition) is 1. The van der Waals surface area contributed by atoms with Gasteiger partial charge in [0, 0.05) is 37.0 Å². The smallest absolute Gasteiger partial charge is 0.0236 e. The van der Waals surface area contributed by atoms with Gasteiger partial charge in [-0.25, -0.2) is 0 Å². The molecule has 2 fully saturated rings. The minimum Gasteiger partial charge on any atom is -0.311 e. The zero-order valence-corrected chi connectivity index (χ0v) is 13.2. The van der Waals surface area contributed by atoms with Crippen molar-refractivity contribution in [1.29, 1.82) is 0 Å². The summed E-state index contributed by atoms with van der Waals surface area (Å²) in [6.07, 6.45) is 7.69. The molecule has 1 saturated carbocycles. The molecule has 2 nitrogen and oxygen atoms in total. The van der Waals surface area contributed by atoms with E-state index in [1.54, 1.807) is 0 Å². The maximum atomic E-state index is 3.71. The van der Waals surface area contributed by atoms with Gasteiger partial charge in [0.15, 0.2) is 0 Å². The Kier molecular flexibility index (Phi) is 5.03. The topological polar surface area (TPSA) is 15.3 Å². The van der Waals surface area contributed by atoms with E-state index in [4.69, 9.17) is 0 Å². The summed E-state index contributed by atoms with van der Waals surface area (Å²) in [5, 5.41) is 4.57. The van der Waals surface area contributed by atoms with Crippen LogP contribution in [-0.4, -0.2) is 48.1 Å². The fourth-order valence-electron chi connectivity index (χ4n) is 3.79. The lowest BCUT2D eigenvalue weighted by Gasteiger charge is -2.39. The molecule has 1 N–H and O–H groups in total. The maximum Gasteiger partial charge on any atom is 0.0236 e. The van der Waals surface area contributed by atoms with Crippen LogP contribution in [0.5, 0.6) is 0 Å². The lowest BCUT2D eigenvalue weighted by atomic mass is 10.0. The van der Waals surface area contributed by atoms with E-state index in [1.165, 1.54) is 37.9 Å². The highest BCUT2D eigenvalue weighted by atomic mass is 32.2. The Labute approximate surface area is 127 Å². The summed E-state index contributed by atoms with van der Waals surface area (Å²) in [7, 11) is 0. The molecule has 20 heavy (non-hydrogen) atoms. The quantitative estimate of drug-likeness (QED) is 0.918. The van der Waals surface area contributed by atoms with Crippen LogP contribution in [0.3, 0.4) is 0 Å². The average Bonchev–Trinajstić information content (AvgIpc) is 2.97. The largest absolute Gasteiger partial charge is 0.311 e. The van der Waals surface area contributed by atoms with Gasteiger partial charge in [0.05, 0.1) is 0 Å². The summed E-state index contributed by atoms with van der Waals surface area (Å²) in [5.41, 5.74) is 1.46. The number of hydrogen-bond acceptors (Lipinski definition) is 3. The summed E-state index contributed by atoms with van der Waals surface area (Å²) < 4.78 is 0. The number of rotatable bonds is 4. The summed E-state index contributed by atoms with van der Waals surface area (Å²) in [5.74, 6) is 0. The van der Waals surface area contributed by atoms with E-state index in [9.17, 15) is 0 Å². The number of thioether (sulfide) groups is 1. The van der Waals surface area contributed by atoms with Crippen molar-refractivity contribution in [2.45, 2.75) is 43.0 Å². The minimum absolute atomic E-state index is 0.620. The highest BCUT2D eigenvalue weighted by Gasteiger charge is 2.33. The fraction of sp³-hybridized carbons (Fsp3) is 0.647. The molecule has 0 radical (unpaired) electrons. The minimum atomic E-state index is 0.620. The van der Waals surface area contributed by atoms with Gasteiger partial charge in [-0.15, -0.1) is 0 Å². The normalized spacial score (nSPS) is 31.6. The first-order valence-electron chi connectivity index (χ1n) is 7.91. The molecule has 1 aromatic carbocycles. The van der Waals surface area contributed by atoms with Crippen LogP contribution in [0.1, 0.15) is 24.8 Å². The molecule has 1 aliphatic heterocycles. The second-order valence-electron chi connectivity index (χ2n) is 6.11. The molecule has 0 spiro atoms. The Hall–Kier alpha value is -0.510. The third-order valence-corrected chi connectivity index (χ3v) is 5.96. The molecule has 0 amide bonds. The van der Waals surface area contributed by atoms with Gasteiger partial charge in [-0.1, -0.05) is 36.8 Å². The van der Waals surface area contributed by atoms with Gasteiger partial charge in [-0.2, -0.15) is 11.8 Å². The van der Waals surface area contributed by atoms with Crippen LogP contribution < -0.4 is 5.32 Å². The third kappa shape index (κ3) is 3.38. The molecule has 110 valence electrons. The first kappa shape index (κ1) is 14.4. The van der Waals surface area contributed by atoms with Crippen molar-refractivity contribution in [3.63, 3.8) is 0 Å². The van der Waals surface area contributed by atoms with E-state index in [1.807, 2.05) is 0 Å². The van der Waals surface area contributed by atoms with Crippen LogP contribution in [-0.2, 0) is 6.42 Å². The predicted molar refractivity (Wildman–Crippen MR) is 88.5 cm³/mol. The lowest BCUT2D eigenvalue weighted by molar-refractivity contribution is 0.147. The Morgan fingerprint density at radius 2 is 2.10 bits per heavy atom. The Morgan fingerprint density at radius 3 is 2.90 bits per heavy atom. The summed E-state index contributed by atoms with van der Waals surface area (Å²) in [6, 6.07) is 12.3. The van der Waals surface area contributed by atoms with E-state index in [0.29, 0.717) is 6.04 Å². The Morgan fingerprint density at radius 1 is 1.25 bits per heavy atom. The number of piperazine rings is 1. The van der Waals surface area contributed by atoms with E-state index in [-0.39, 0.29) is 0 Å². The zero-order valence-electron chi connectivity index (χ0n) is 12.4. The highest BCUT2D eigenvalue weighted by Crippen LogP contribution is 2.32. The molecule has 2 aliphatic rings. The second-order valence-corrected chi connectivity index (χ2v) is 7.19. The molecule has 1 aliphatic carbocycles. The lowest BCUT2D eigenvalue weighted by Crippen LogP contribution is -2.55. The molecule has 0 bridgehead atoms. The van der Waals surface area contributed by atoms with Crippen LogP contribution in [0, 0.1) is 0 Å². The van der Waals surface area contributed by atoms with Crippen LogP contribution >= 0.6 is 11.8 Å². The average molecular weight is 290 g/mol. The fourth-order valence-corrected chi connectivity index (χ4v) is 4.81.